The second-order valence-corrected chi connectivity index (χ2v) is 21.4. The molecule has 0 rings (SSSR count). The highest BCUT2D eigenvalue weighted by Gasteiger charge is 2.26. The Bertz CT molecular complexity index is 1260. The van der Waals surface area contributed by atoms with Crippen LogP contribution < -0.4 is 0 Å². The lowest BCUT2D eigenvalue weighted by Crippen LogP contribution is -2.37. The number of phosphoric acid groups is 1. The van der Waals surface area contributed by atoms with Gasteiger partial charge in [0.25, 0.3) is 0 Å². The van der Waals surface area contributed by atoms with Gasteiger partial charge < -0.3 is 18.9 Å². The fourth-order valence-electron chi connectivity index (χ4n) is 7.78. The number of carbonyl (C=O) groups excluding carboxylic acids is 1. The number of esters is 1. The molecule has 0 aromatic heterocycles. The highest BCUT2D eigenvalue weighted by atomic mass is 31.2. The van der Waals surface area contributed by atoms with Crippen LogP contribution in [-0.4, -0.2) is 75.6 Å². The van der Waals surface area contributed by atoms with Crippen LogP contribution in [0.4, 0.5) is 0 Å². The van der Waals surface area contributed by atoms with Gasteiger partial charge in [-0.3, -0.25) is 13.8 Å². The zero-order valence-electron chi connectivity index (χ0n) is 44.6. The lowest BCUT2D eigenvalue weighted by molar-refractivity contribution is -0.870. The second-order valence-electron chi connectivity index (χ2n) is 19.9. The van der Waals surface area contributed by atoms with E-state index in [0.29, 0.717) is 24.1 Å². The molecule has 67 heavy (non-hydrogen) atoms. The molecule has 0 heterocycles. The van der Waals surface area contributed by atoms with Crippen LogP contribution in [-0.2, 0) is 27.9 Å². The molecule has 0 aromatic rings. The van der Waals surface area contributed by atoms with E-state index in [9.17, 15) is 14.3 Å². The topological polar surface area (TPSA) is 91.3 Å². The Labute approximate surface area is 415 Å². The van der Waals surface area contributed by atoms with Crippen molar-refractivity contribution in [3.63, 3.8) is 0 Å². The third-order valence-corrected chi connectivity index (χ3v) is 13.0. The molecule has 0 spiro atoms. The van der Waals surface area contributed by atoms with E-state index in [-0.39, 0.29) is 25.8 Å². The summed E-state index contributed by atoms with van der Waals surface area (Å²) in [5.74, 6) is -0.316. The maximum atomic E-state index is 12.8. The minimum absolute atomic E-state index is 0.0847. The smallest absolute Gasteiger partial charge is 0.457 e. The van der Waals surface area contributed by atoms with Crippen LogP contribution in [0.15, 0.2) is 60.8 Å². The van der Waals surface area contributed by atoms with E-state index in [1.165, 1.54) is 161 Å². The Morgan fingerprint density at radius 3 is 1.31 bits per heavy atom. The quantitative estimate of drug-likeness (QED) is 0.0213. The molecule has 0 aliphatic rings. The Morgan fingerprint density at radius 1 is 0.478 bits per heavy atom. The van der Waals surface area contributed by atoms with Gasteiger partial charge in [0.05, 0.1) is 34.4 Å². The van der Waals surface area contributed by atoms with Gasteiger partial charge in [0.2, 0.25) is 0 Å². The van der Waals surface area contributed by atoms with Crippen molar-refractivity contribution in [2.24, 2.45) is 0 Å². The van der Waals surface area contributed by atoms with E-state index in [2.05, 4.69) is 74.6 Å². The Kier molecular flexibility index (Phi) is 49.2. The van der Waals surface area contributed by atoms with Gasteiger partial charge in [-0.2, -0.15) is 0 Å². The van der Waals surface area contributed by atoms with Gasteiger partial charge in [-0.25, -0.2) is 4.57 Å². The normalized spacial score (nSPS) is 13.9. The average Bonchev–Trinajstić information content (AvgIpc) is 3.29. The van der Waals surface area contributed by atoms with Crippen molar-refractivity contribution >= 4 is 13.8 Å². The predicted octanol–water partition coefficient (Wildman–Crippen LogP) is 17.6. The molecular weight excluding hydrogens is 854 g/mol. The van der Waals surface area contributed by atoms with Crippen molar-refractivity contribution in [1.29, 1.82) is 0 Å². The third-order valence-electron chi connectivity index (χ3n) is 12.1. The molecule has 2 unspecified atom stereocenters. The molecule has 392 valence electrons. The number of nitrogens with zero attached hydrogens (tertiary/aromatic N) is 1. The number of quaternary nitrogens is 1. The van der Waals surface area contributed by atoms with Crippen molar-refractivity contribution in [1.82, 2.24) is 0 Å². The van der Waals surface area contributed by atoms with Crippen molar-refractivity contribution in [3.05, 3.63) is 60.8 Å². The summed E-state index contributed by atoms with van der Waals surface area (Å²) in [7, 11) is 1.66. The Balaban J connectivity index is 4.09. The predicted molar refractivity (Wildman–Crippen MR) is 289 cm³/mol. The molecular formula is C58H109NO7P+. The summed E-state index contributed by atoms with van der Waals surface area (Å²) in [6, 6.07) is 0. The van der Waals surface area contributed by atoms with Gasteiger partial charge in [0, 0.05) is 13.0 Å². The molecule has 1 N–H and O–H groups in total. The van der Waals surface area contributed by atoms with E-state index in [1.54, 1.807) is 0 Å². The van der Waals surface area contributed by atoms with E-state index in [0.717, 1.165) is 64.2 Å². The molecule has 0 fully saturated rings. The first-order valence-corrected chi connectivity index (χ1v) is 29.5. The zero-order valence-corrected chi connectivity index (χ0v) is 45.5. The van der Waals surface area contributed by atoms with Gasteiger partial charge in [0.15, 0.2) is 0 Å². The summed E-state index contributed by atoms with van der Waals surface area (Å²) in [5.41, 5.74) is 0. The number of allylic oxidation sites excluding steroid dienone is 10. The van der Waals surface area contributed by atoms with Crippen LogP contribution in [0, 0.1) is 0 Å². The van der Waals surface area contributed by atoms with Crippen LogP contribution in [0.3, 0.4) is 0 Å². The number of ether oxygens (including phenoxy) is 2. The highest BCUT2D eigenvalue weighted by molar-refractivity contribution is 7.47. The zero-order chi connectivity index (χ0) is 49.0. The fourth-order valence-corrected chi connectivity index (χ4v) is 8.52. The van der Waals surface area contributed by atoms with Gasteiger partial charge in [-0.15, -0.1) is 0 Å². The van der Waals surface area contributed by atoms with Crippen molar-refractivity contribution in [2.45, 2.75) is 251 Å². The number of carbonyl (C=O) groups is 1. The molecule has 0 radical (unpaired) electrons. The van der Waals surface area contributed by atoms with Crippen LogP contribution in [0.25, 0.3) is 0 Å². The molecule has 0 saturated heterocycles. The largest absolute Gasteiger partial charge is 0.472 e. The van der Waals surface area contributed by atoms with Crippen LogP contribution in [0.5, 0.6) is 0 Å². The minimum Gasteiger partial charge on any atom is -0.457 e. The SMILES string of the molecule is CC/C=C\C/C=C\C/C=C\C/C=C\CCCCCCCCCOCC(COP(=O)(O)OCC[N+](C)(C)C)OC(=O)CCCCCCCCCCCCCCC/C=C\CCCCCCCCCC. The first kappa shape index (κ1) is 65.2. The monoisotopic (exact) mass is 963 g/mol. The highest BCUT2D eigenvalue weighted by Crippen LogP contribution is 2.43. The van der Waals surface area contributed by atoms with Crippen LogP contribution in [0.1, 0.15) is 245 Å². The van der Waals surface area contributed by atoms with Crippen LogP contribution in [0.2, 0.25) is 0 Å². The Morgan fingerprint density at radius 2 is 0.866 bits per heavy atom. The van der Waals surface area contributed by atoms with Crippen molar-refractivity contribution in [2.75, 3.05) is 54.1 Å². The summed E-state index contributed by atoms with van der Waals surface area (Å²) in [6.45, 7) is 5.51. The lowest BCUT2D eigenvalue weighted by atomic mass is 10.0. The van der Waals surface area contributed by atoms with Gasteiger partial charge >= 0.3 is 13.8 Å². The average molecular weight is 963 g/mol. The summed E-state index contributed by atoms with van der Waals surface area (Å²) < 4.78 is 35.2. The molecule has 0 bridgehead atoms. The number of hydrogen-bond acceptors (Lipinski definition) is 6. The van der Waals surface area contributed by atoms with Crippen molar-refractivity contribution in [3.8, 4) is 0 Å². The minimum atomic E-state index is -4.29. The number of likely N-dealkylation sites (N-methyl/N-ethyl adjacent to an activating group) is 1. The molecule has 2 atom stereocenters. The number of phosphoric ester groups is 1. The molecule has 0 saturated carbocycles. The second kappa shape index (κ2) is 50.6. The lowest BCUT2D eigenvalue weighted by Gasteiger charge is -2.24. The van der Waals surface area contributed by atoms with Gasteiger partial charge in [-0.1, -0.05) is 222 Å². The first-order chi connectivity index (χ1) is 32.6. The molecule has 0 aliphatic carbocycles. The molecule has 0 aliphatic heterocycles. The first-order valence-electron chi connectivity index (χ1n) is 28.0. The Hall–Kier alpha value is -1.80. The molecule has 0 aromatic carbocycles. The third kappa shape index (κ3) is 55.0. The van der Waals surface area contributed by atoms with Gasteiger partial charge in [-0.05, 0) is 77.0 Å². The summed E-state index contributed by atoms with van der Waals surface area (Å²) in [5, 5.41) is 0. The van der Waals surface area contributed by atoms with E-state index in [4.69, 9.17) is 18.5 Å². The summed E-state index contributed by atoms with van der Waals surface area (Å²) in [4.78, 5) is 23.1. The standard InChI is InChI=1S/C58H108NO7P/c1-6-8-10-12-14-16-18-20-22-24-26-28-29-30-31-32-33-35-37-39-41-43-45-47-49-51-58(60)66-57(56-65-67(61,62)64-54-52-59(3,4)5)55-63-53-50-48-46-44-42-40-38-36-34-27-25-23-21-19-17-15-13-11-9-7-2/h9,11,15,17,21,23-24,26-27,34,57H,6-8,10,12-14,16,18-20,22,25,28-33,35-56H2,1-5H3/p+1/b11-9-,17-15-,23-21-,26-24-,34-27-. The van der Waals surface area contributed by atoms with Gasteiger partial charge in [0.1, 0.15) is 19.3 Å². The fraction of sp³-hybridized carbons (Fsp3) is 0.810. The number of rotatable bonds is 52. The molecule has 0 amide bonds. The van der Waals surface area contributed by atoms with E-state index in [1.807, 2.05) is 21.1 Å². The maximum Gasteiger partial charge on any atom is 0.472 e. The van der Waals surface area contributed by atoms with E-state index >= 15 is 0 Å². The van der Waals surface area contributed by atoms with Crippen LogP contribution >= 0.6 is 7.82 Å². The van der Waals surface area contributed by atoms with Crippen molar-refractivity contribution < 1.29 is 37.3 Å². The number of unbranched alkanes of at least 4 members (excludes halogenated alkanes) is 28. The number of hydrogen-bond donors (Lipinski definition) is 1. The molecule has 8 nitrogen and oxygen atoms in total. The maximum absolute atomic E-state index is 12.8. The summed E-state index contributed by atoms with van der Waals surface area (Å²) in [6.07, 6.45) is 65.7. The molecule has 9 heteroatoms. The summed E-state index contributed by atoms with van der Waals surface area (Å²) >= 11 is 0. The van der Waals surface area contributed by atoms with E-state index < -0.39 is 13.9 Å².